The number of fused-ring (bicyclic) bond motifs is 1. The van der Waals surface area contributed by atoms with Crippen LogP contribution in [-0.4, -0.2) is 51.7 Å². The highest BCUT2D eigenvalue weighted by molar-refractivity contribution is 5.91. The number of aliphatic carboxylic acids is 1. The van der Waals surface area contributed by atoms with E-state index in [0.717, 1.165) is 22.4 Å². The lowest BCUT2D eigenvalue weighted by molar-refractivity contribution is -0.151. The van der Waals surface area contributed by atoms with Gasteiger partial charge in [0.2, 0.25) is 5.91 Å². The van der Waals surface area contributed by atoms with Crippen LogP contribution in [0.5, 0.6) is 11.5 Å². The first kappa shape index (κ1) is 25.1. The molecule has 3 aromatic carbocycles. The van der Waals surface area contributed by atoms with Crippen LogP contribution in [0.4, 0.5) is 0 Å². The van der Waals surface area contributed by atoms with Crippen molar-refractivity contribution >= 4 is 11.9 Å². The van der Waals surface area contributed by atoms with E-state index >= 15 is 0 Å². The topological polar surface area (TPSA) is 93.9 Å². The number of hydrogen-bond donors (Lipinski definition) is 1. The van der Waals surface area contributed by atoms with Crippen molar-refractivity contribution in [3.05, 3.63) is 113 Å². The molecule has 38 heavy (non-hydrogen) atoms. The monoisotopic (exact) mass is 511 g/mol. The summed E-state index contributed by atoms with van der Waals surface area (Å²) in [5.41, 5.74) is 4.11. The van der Waals surface area contributed by atoms with E-state index in [1.807, 2.05) is 83.4 Å². The molecule has 1 amide bonds. The predicted molar refractivity (Wildman–Crippen MR) is 141 cm³/mol. The number of imidazole rings is 1. The van der Waals surface area contributed by atoms with Crippen molar-refractivity contribution in [1.82, 2.24) is 14.5 Å². The molecule has 0 saturated carbocycles. The number of amides is 1. The van der Waals surface area contributed by atoms with Gasteiger partial charge < -0.3 is 24.0 Å². The SMILES string of the molecule is COc1ccc(Cn2cnc3c2C[C@@H](C(=O)O)N(C(=O)C(c2ccccc2)c2ccccc2)C3)cc1OC. The Bertz CT molecular complexity index is 1400. The van der Waals surface area contributed by atoms with E-state index in [2.05, 4.69) is 4.98 Å². The number of carboxylic acid groups (broad SMARTS) is 1. The predicted octanol–water partition coefficient (Wildman–Crippen LogP) is 4.12. The van der Waals surface area contributed by atoms with Crippen LogP contribution in [-0.2, 0) is 29.1 Å². The molecule has 2 heterocycles. The number of carbonyl (C=O) groups excluding carboxylic acids is 1. The molecule has 0 unspecified atom stereocenters. The lowest BCUT2D eigenvalue weighted by atomic mass is 9.88. The highest BCUT2D eigenvalue weighted by Gasteiger charge is 2.40. The first-order chi connectivity index (χ1) is 18.5. The summed E-state index contributed by atoms with van der Waals surface area (Å²) in [6.45, 7) is 0.611. The molecule has 1 N–H and O–H groups in total. The molecule has 0 bridgehead atoms. The van der Waals surface area contributed by atoms with Gasteiger partial charge in [0.25, 0.3) is 0 Å². The summed E-state index contributed by atoms with van der Waals surface area (Å²) >= 11 is 0. The Kier molecular flexibility index (Phi) is 7.13. The smallest absolute Gasteiger partial charge is 0.326 e. The van der Waals surface area contributed by atoms with E-state index in [1.54, 1.807) is 20.5 Å². The Morgan fingerprint density at radius 3 is 2.16 bits per heavy atom. The molecule has 0 aliphatic carbocycles. The van der Waals surface area contributed by atoms with Crippen LogP contribution in [0.1, 0.15) is 34.0 Å². The molecule has 0 radical (unpaired) electrons. The van der Waals surface area contributed by atoms with Gasteiger partial charge >= 0.3 is 5.97 Å². The lowest BCUT2D eigenvalue weighted by Gasteiger charge is -2.35. The molecule has 1 aliphatic rings. The fourth-order valence-electron chi connectivity index (χ4n) is 5.08. The molecule has 1 atom stereocenters. The number of rotatable bonds is 8. The zero-order chi connectivity index (χ0) is 26.6. The van der Waals surface area contributed by atoms with Gasteiger partial charge in [-0.3, -0.25) is 4.79 Å². The first-order valence-electron chi connectivity index (χ1n) is 12.4. The van der Waals surface area contributed by atoms with Crippen LogP contribution in [0.3, 0.4) is 0 Å². The third kappa shape index (κ3) is 4.85. The van der Waals surface area contributed by atoms with Gasteiger partial charge in [0.15, 0.2) is 11.5 Å². The Morgan fingerprint density at radius 2 is 1.58 bits per heavy atom. The van der Waals surface area contributed by atoms with Crippen molar-refractivity contribution < 1.29 is 24.2 Å². The van der Waals surface area contributed by atoms with Crippen LogP contribution in [0.2, 0.25) is 0 Å². The molecular formula is C30H29N3O5. The van der Waals surface area contributed by atoms with Gasteiger partial charge in [-0.05, 0) is 28.8 Å². The Morgan fingerprint density at radius 1 is 0.947 bits per heavy atom. The number of hydrogen-bond acceptors (Lipinski definition) is 5. The highest BCUT2D eigenvalue weighted by Crippen LogP contribution is 2.32. The van der Waals surface area contributed by atoms with Gasteiger partial charge in [0, 0.05) is 18.7 Å². The summed E-state index contributed by atoms with van der Waals surface area (Å²) in [5.74, 6) is -0.658. The number of methoxy groups -OCH3 is 2. The van der Waals surface area contributed by atoms with Crippen molar-refractivity contribution in [1.29, 1.82) is 0 Å². The number of carboxylic acids is 1. The van der Waals surface area contributed by atoms with E-state index in [0.29, 0.717) is 23.7 Å². The molecule has 0 saturated heterocycles. The molecule has 8 nitrogen and oxygen atoms in total. The maximum absolute atomic E-state index is 14.1. The standard InChI is InChI=1S/C30H29N3O5/c1-37-26-14-13-20(15-27(26)38-2)17-32-19-31-23-18-33(25(30(35)36)16-24(23)32)29(34)28(21-9-5-3-6-10-21)22-11-7-4-8-12-22/h3-15,19,25,28H,16-18H2,1-2H3,(H,35,36)/t25-/m0/s1. The minimum Gasteiger partial charge on any atom is -0.493 e. The molecule has 8 heteroatoms. The van der Waals surface area contributed by atoms with Gasteiger partial charge in [-0.25, -0.2) is 9.78 Å². The van der Waals surface area contributed by atoms with Crippen LogP contribution >= 0.6 is 0 Å². The van der Waals surface area contributed by atoms with E-state index in [4.69, 9.17) is 9.47 Å². The van der Waals surface area contributed by atoms with Crippen LogP contribution in [0.15, 0.2) is 85.2 Å². The third-order valence-corrected chi connectivity index (χ3v) is 7.00. The van der Waals surface area contributed by atoms with Crippen molar-refractivity contribution in [2.75, 3.05) is 14.2 Å². The molecular weight excluding hydrogens is 482 g/mol. The van der Waals surface area contributed by atoms with Crippen molar-refractivity contribution in [2.24, 2.45) is 0 Å². The zero-order valence-electron chi connectivity index (χ0n) is 21.3. The van der Waals surface area contributed by atoms with Crippen molar-refractivity contribution in [2.45, 2.75) is 31.5 Å². The summed E-state index contributed by atoms with van der Waals surface area (Å²) in [6.07, 6.45) is 1.88. The molecule has 0 fully saturated rings. The number of nitrogens with zero attached hydrogens (tertiary/aromatic N) is 3. The van der Waals surface area contributed by atoms with Crippen LogP contribution in [0, 0.1) is 0 Å². The number of carbonyl (C=O) groups is 2. The van der Waals surface area contributed by atoms with Crippen LogP contribution in [0.25, 0.3) is 0 Å². The van der Waals surface area contributed by atoms with E-state index in [-0.39, 0.29) is 18.9 Å². The maximum atomic E-state index is 14.1. The summed E-state index contributed by atoms with van der Waals surface area (Å²) in [7, 11) is 3.17. The van der Waals surface area contributed by atoms with E-state index < -0.39 is 17.9 Å². The average molecular weight is 512 g/mol. The normalized spacial score (nSPS) is 14.7. The molecule has 4 aromatic rings. The molecule has 5 rings (SSSR count). The fraction of sp³-hybridized carbons (Fsp3) is 0.233. The van der Waals surface area contributed by atoms with Gasteiger partial charge in [0.1, 0.15) is 6.04 Å². The third-order valence-electron chi connectivity index (χ3n) is 7.00. The summed E-state index contributed by atoms with van der Waals surface area (Å²) in [6, 6.07) is 23.6. The largest absolute Gasteiger partial charge is 0.493 e. The van der Waals surface area contributed by atoms with Crippen molar-refractivity contribution in [3.63, 3.8) is 0 Å². The highest BCUT2D eigenvalue weighted by atomic mass is 16.5. The number of ether oxygens (including phenoxy) is 2. The quantitative estimate of drug-likeness (QED) is 0.383. The van der Waals surface area contributed by atoms with Gasteiger partial charge in [-0.15, -0.1) is 0 Å². The van der Waals surface area contributed by atoms with E-state index in [1.165, 1.54) is 4.90 Å². The zero-order valence-corrected chi connectivity index (χ0v) is 21.3. The lowest BCUT2D eigenvalue weighted by Crippen LogP contribution is -2.50. The number of benzene rings is 3. The summed E-state index contributed by atoms with van der Waals surface area (Å²) < 4.78 is 12.7. The second kappa shape index (κ2) is 10.8. The maximum Gasteiger partial charge on any atom is 0.326 e. The Hall–Kier alpha value is -4.59. The van der Waals surface area contributed by atoms with Gasteiger partial charge in [-0.2, -0.15) is 0 Å². The minimum absolute atomic E-state index is 0.125. The molecule has 194 valence electrons. The second-order valence-electron chi connectivity index (χ2n) is 9.23. The average Bonchev–Trinajstić information content (AvgIpc) is 3.35. The summed E-state index contributed by atoms with van der Waals surface area (Å²) in [5, 5.41) is 10.2. The fourth-order valence-corrected chi connectivity index (χ4v) is 5.08. The Labute approximate surface area is 221 Å². The second-order valence-corrected chi connectivity index (χ2v) is 9.23. The molecule has 1 aromatic heterocycles. The molecule has 0 spiro atoms. The van der Waals surface area contributed by atoms with Crippen LogP contribution < -0.4 is 9.47 Å². The molecule has 1 aliphatic heterocycles. The van der Waals surface area contributed by atoms with E-state index in [9.17, 15) is 14.7 Å². The van der Waals surface area contributed by atoms with Crippen molar-refractivity contribution in [3.8, 4) is 11.5 Å². The first-order valence-corrected chi connectivity index (χ1v) is 12.4. The minimum atomic E-state index is -1.04. The number of aromatic nitrogens is 2. The Balaban J connectivity index is 1.46. The van der Waals surface area contributed by atoms with Gasteiger partial charge in [0.05, 0.1) is 38.7 Å². The summed E-state index contributed by atoms with van der Waals surface area (Å²) in [4.78, 5) is 32.6. The van der Waals surface area contributed by atoms with Gasteiger partial charge in [-0.1, -0.05) is 66.7 Å².